The Kier molecular flexibility index (Phi) is 4.90. The zero-order valence-electron chi connectivity index (χ0n) is 11.1. The zero-order valence-corrected chi connectivity index (χ0v) is 12.0. The summed E-state index contributed by atoms with van der Waals surface area (Å²) < 4.78 is 5.18. The molecule has 0 radical (unpaired) electrons. The predicted molar refractivity (Wildman–Crippen MR) is 71.8 cm³/mol. The van der Waals surface area contributed by atoms with Gasteiger partial charge in [-0.2, -0.15) is 0 Å². The number of carbonyl (C=O) groups is 2. The van der Waals surface area contributed by atoms with Crippen molar-refractivity contribution in [2.45, 2.75) is 45.8 Å². The van der Waals surface area contributed by atoms with Crippen LogP contribution in [0.1, 0.15) is 43.0 Å². The van der Waals surface area contributed by atoms with Crippen molar-refractivity contribution in [3.63, 3.8) is 0 Å². The van der Waals surface area contributed by atoms with E-state index in [4.69, 9.17) is 4.74 Å². The molecule has 4 nitrogen and oxygen atoms in total. The summed E-state index contributed by atoms with van der Waals surface area (Å²) in [5.74, 6) is 0. The first-order valence-electron chi connectivity index (χ1n) is 5.81. The Hall–Kier alpha value is -1.36. The number of nitrogens with one attached hydrogen (secondary N) is 1. The van der Waals surface area contributed by atoms with Crippen LogP contribution in [-0.2, 0) is 9.53 Å². The fraction of sp³-hybridized carbons (Fsp3) is 0.538. The van der Waals surface area contributed by atoms with Gasteiger partial charge in [-0.15, -0.1) is 11.3 Å². The average molecular weight is 269 g/mol. The highest BCUT2D eigenvalue weighted by Gasteiger charge is 2.21. The van der Waals surface area contributed by atoms with Crippen LogP contribution in [0.25, 0.3) is 0 Å². The summed E-state index contributed by atoms with van der Waals surface area (Å²) in [7, 11) is 0. The van der Waals surface area contributed by atoms with Crippen LogP contribution in [0, 0.1) is 6.92 Å². The number of amides is 1. The van der Waals surface area contributed by atoms with Gasteiger partial charge in [0.2, 0.25) is 0 Å². The summed E-state index contributed by atoms with van der Waals surface area (Å²) in [4.78, 5) is 24.5. The Morgan fingerprint density at radius 3 is 2.61 bits per heavy atom. The fourth-order valence-electron chi connectivity index (χ4n) is 1.43. The third-order valence-electron chi connectivity index (χ3n) is 2.13. The van der Waals surface area contributed by atoms with Gasteiger partial charge in [-0.3, -0.25) is 0 Å². The van der Waals surface area contributed by atoms with Crippen LogP contribution in [0.3, 0.4) is 0 Å². The Labute approximate surface area is 111 Å². The van der Waals surface area contributed by atoms with Crippen LogP contribution >= 0.6 is 11.3 Å². The molecule has 0 aliphatic carbocycles. The minimum atomic E-state index is -0.540. The number of rotatable bonds is 4. The number of ether oxygens (including phenoxy) is 1. The summed E-state index contributed by atoms with van der Waals surface area (Å²) >= 11 is 1.57. The van der Waals surface area contributed by atoms with Crippen LogP contribution in [0.15, 0.2) is 12.1 Å². The third-order valence-corrected chi connectivity index (χ3v) is 3.24. The van der Waals surface area contributed by atoms with Gasteiger partial charge in [0.05, 0.1) is 6.04 Å². The van der Waals surface area contributed by atoms with Gasteiger partial charge in [0.25, 0.3) is 0 Å². The molecule has 0 unspecified atom stereocenters. The van der Waals surface area contributed by atoms with E-state index >= 15 is 0 Å². The Morgan fingerprint density at radius 2 is 2.17 bits per heavy atom. The van der Waals surface area contributed by atoms with Crippen molar-refractivity contribution >= 4 is 23.7 Å². The van der Waals surface area contributed by atoms with Gasteiger partial charge in [0, 0.05) is 16.2 Å². The van der Waals surface area contributed by atoms with E-state index in [1.54, 1.807) is 32.1 Å². The number of thiophene rings is 1. The smallest absolute Gasteiger partial charge is 0.408 e. The number of hydrogen-bond acceptors (Lipinski definition) is 4. The van der Waals surface area contributed by atoms with Crippen molar-refractivity contribution in [2.24, 2.45) is 0 Å². The van der Waals surface area contributed by atoms with Crippen molar-refractivity contribution in [1.82, 2.24) is 5.32 Å². The molecule has 0 aliphatic heterocycles. The molecule has 1 atom stereocenters. The highest BCUT2D eigenvalue weighted by atomic mass is 32.1. The lowest BCUT2D eigenvalue weighted by atomic mass is 10.2. The van der Waals surface area contributed by atoms with Crippen molar-refractivity contribution in [1.29, 1.82) is 0 Å². The summed E-state index contributed by atoms with van der Waals surface area (Å²) in [6.07, 6.45) is 0.552. The molecular formula is C13H19NO3S. The van der Waals surface area contributed by atoms with E-state index in [9.17, 15) is 9.59 Å². The van der Waals surface area contributed by atoms with E-state index in [0.29, 0.717) is 0 Å². The second-order valence-electron chi connectivity index (χ2n) is 5.05. The summed E-state index contributed by atoms with van der Waals surface area (Å²) in [6, 6.07) is 3.58. The van der Waals surface area contributed by atoms with Crippen LogP contribution in [0.5, 0.6) is 0 Å². The monoisotopic (exact) mass is 269 g/mol. The summed E-state index contributed by atoms with van der Waals surface area (Å²) in [6.45, 7) is 7.39. The van der Waals surface area contributed by atoms with Crippen LogP contribution in [0.2, 0.25) is 0 Å². The van der Waals surface area contributed by atoms with Gasteiger partial charge < -0.3 is 14.8 Å². The van der Waals surface area contributed by atoms with Crippen LogP contribution in [0.4, 0.5) is 4.79 Å². The number of hydrogen-bond donors (Lipinski definition) is 1. The van der Waals surface area contributed by atoms with Crippen LogP contribution < -0.4 is 5.32 Å². The Bertz CT molecular complexity index is 420. The van der Waals surface area contributed by atoms with Crippen molar-refractivity contribution in [3.8, 4) is 0 Å². The first kappa shape index (κ1) is 14.7. The van der Waals surface area contributed by atoms with Gasteiger partial charge in [0.15, 0.2) is 0 Å². The van der Waals surface area contributed by atoms with Gasteiger partial charge in [-0.05, 0) is 39.8 Å². The van der Waals surface area contributed by atoms with Gasteiger partial charge >= 0.3 is 6.09 Å². The maximum Gasteiger partial charge on any atom is 0.408 e. The molecule has 1 rings (SSSR count). The maximum absolute atomic E-state index is 11.7. The molecule has 0 saturated heterocycles. The van der Waals surface area contributed by atoms with Crippen molar-refractivity contribution in [2.75, 3.05) is 0 Å². The highest BCUT2D eigenvalue weighted by Crippen LogP contribution is 2.25. The molecule has 1 aromatic rings. The number of aldehydes is 1. The molecular weight excluding hydrogens is 250 g/mol. The first-order chi connectivity index (χ1) is 8.31. The molecule has 0 aliphatic rings. The lowest BCUT2D eigenvalue weighted by molar-refractivity contribution is -0.108. The van der Waals surface area contributed by atoms with E-state index < -0.39 is 11.7 Å². The fourth-order valence-corrected chi connectivity index (χ4v) is 2.37. The maximum atomic E-state index is 11.7. The van der Waals surface area contributed by atoms with Crippen LogP contribution in [-0.4, -0.2) is 18.0 Å². The zero-order chi connectivity index (χ0) is 13.8. The molecule has 1 N–H and O–H groups in total. The van der Waals surface area contributed by atoms with E-state index in [-0.39, 0.29) is 12.5 Å². The lowest BCUT2D eigenvalue weighted by Gasteiger charge is -2.22. The van der Waals surface area contributed by atoms with E-state index in [1.165, 1.54) is 0 Å². The quantitative estimate of drug-likeness (QED) is 0.854. The number of aryl methyl sites for hydroxylation is 1. The number of alkyl carbamates (subject to hydrolysis) is 1. The normalized spacial score (nSPS) is 12.9. The third kappa shape index (κ3) is 4.87. The van der Waals surface area contributed by atoms with Gasteiger partial charge in [0.1, 0.15) is 11.9 Å². The largest absolute Gasteiger partial charge is 0.444 e. The van der Waals surface area contributed by atoms with E-state index in [1.807, 2.05) is 19.1 Å². The molecule has 100 valence electrons. The predicted octanol–water partition coefficient (Wildman–Crippen LogP) is 3.21. The molecule has 0 spiro atoms. The lowest BCUT2D eigenvalue weighted by Crippen LogP contribution is -2.34. The van der Waals surface area contributed by atoms with E-state index in [0.717, 1.165) is 16.0 Å². The minimum Gasteiger partial charge on any atom is -0.444 e. The van der Waals surface area contributed by atoms with Gasteiger partial charge in [-0.1, -0.05) is 0 Å². The molecule has 0 fully saturated rings. The molecule has 0 bridgehead atoms. The Balaban J connectivity index is 2.69. The molecule has 1 amide bonds. The topological polar surface area (TPSA) is 55.4 Å². The summed E-state index contributed by atoms with van der Waals surface area (Å²) in [5.41, 5.74) is -0.540. The molecule has 5 heteroatoms. The molecule has 1 aromatic heterocycles. The first-order valence-corrected chi connectivity index (χ1v) is 6.63. The molecule has 18 heavy (non-hydrogen) atoms. The SMILES string of the molecule is Cc1ccc([C@@H](CC=O)NC(=O)OC(C)(C)C)s1. The van der Waals surface area contributed by atoms with Crippen molar-refractivity contribution < 1.29 is 14.3 Å². The number of carbonyl (C=O) groups excluding carboxylic acids is 2. The van der Waals surface area contributed by atoms with E-state index in [2.05, 4.69) is 5.32 Å². The standard InChI is InChI=1S/C13H19NO3S/c1-9-5-6-11(18-9)10(7-8-15)14-12(16)17-13(2,3)4/h5-6,8,10H,7H2,1-4H3,(H,14,16)/t10-/m1/s1. The Morgan fingerprint density at radius 1 is 1.50 bits per heavy atom. The van der Waals surface area contributed by atoms with Crippen molar-refractivity contribution in [3.05, 3.63) is 21.9 Å². The molecule has 0 saturated carbocycles. The second kappa shape index (κ2) is 6.00. The van der Waals surface area contributed by atoms with Gasteiger partial charge in [-0.25, -0.2) is 4.79 Å². The molecule has 0 aromatic carbocycles. The average Bonchev–Trinajstić information content (AvgIpc) is 2.61. The molecule has 1 heterocycles. The highest BCUT2D eigenvalue weighted by molar-refractivity contribution is 7.12. The minimum absolute atomic E-state index is 0.249. The second-order valence-corrected chi connectivity index (χ2v) is 6.37. The summed E-state index contributed by atoms with van der Waals surface area (Å²) in [5, 5.41) is 2.72.